The molecule has 23 heavy (non-hydrogen) atoms. The van der Waals surface area contributed by atoms with E-state index in [1.54, 1.807) is 25.1 Å². The molecule has 0 radical (unpaired) electrons. The fourth-order valence-electron chi connectivity index (χ4n) is 1.50. The molecule has 0 heterocycles. The van der Waals surface area contributed by atoms with Crippen molar-refractivity contribution >= 4 is 28.8 Å². The standard InChI is InChI=1S/C16H19NO5S/c1-4-12-21-15-9-7-6-8-13(15)10-11-14(16(18)20-5-2)17-22-23(3)19/h4,6-11H,1,5,12H2,2-3H3/b11-10+,17-14-. The van der Waals surface area contributed by atoms with Crippen LogP contribution in [0, 0.1) is 0 Å². The van der Waals surface area contributed by atoms with Crippen molar-refractivity contribution < 1.29 is 22.8 Å². The maximum absolute atomic E-state index is 11.8. The molecule has 124 valence electrons. The van der Waals surface area contributed by atoms with Crippen LogP contribution in [-0.4, -0.2) is 35.4 Å². The highest BCUT2D eigenvalue weighted by atomic mass is 32.2. The Morgan fingerprint density at radius 2 is 2.13 bits per heavy atom. The van der Waals surface area contributed by atoms with Crippen LogP contribution in [0.25, 0.3) is 6.08 Å². The van der Waals surface area contributed by atoms with Crippen molar-refractivity contribution in [1.82, 2.24) is 0 Å². The van der Waals surface area contributed by atoms with E-state index in [9.17, 15) is 9.00 Å². The first-order valence-electron chi connectivity index (χ1n) is 6.85. The normalized spacial score (nSPS) is 12.7. The van der Waals surface area contributed by atoms with Crippen LogP contribution in [0.1, 0.15) is 12.5 Å². The highest BCUT2D eigenvalue weighted by Gasteiger charge is 2.11. The van der Waals surface area contributed by atoms with Gasteiger partial charge in [-0.25, -0.2) is 9.00 Å². The van der Waals surface area contributed by atoms with E-state index in [0.29, 0.717) is 12.4 Å². The molecular weight excluding hydrogens is 318 g/mol. The van der Waals surface area contributed by atoms with E-state index in [1.165, 1.54) is 12.3 Å². The molecular formula is C16H19NO5S. The summed E-state index contributed by atoms with van der Waals surface area (Å²) < 4.78 is 26.0. The summed E-state index contributed by atoms with van der Waals surface area (Å²) in [6.07, 6.45) is 5.99. The fourth-order valence-corrected chi connectivity index (χ4v) is 1.69. The van der Waals surface area contributed by atoms with Gasteiger partial charge in [0.05, 0.1) is 12.9 Å². The molecule has 0 aromatic heterocycles. The molecule has 0 N–H and O–H groups in total. The van der Waals surface area contributed by atoms with Crippen LogP contribution in [0.2, 0.25) is 0 Å². The van der Waals surface area contributed by atoms with E-state index in [-0.39, 0.29) is 12.3 Å². The Kier molecular flexibility index (Phi) is 8.38. The van der Waals surface area contributed by atoms with E-state index >= 15 is 0 Å². The average Bonchev–Trinajstić information content (AvgIpc) is 2.53. The second kappa shape index (κ2) is 10.3. The van der Waals surface area contributed by atoms with Crippen LogP contribution < -0.4 is 4.74 Å². The van der Waals surface area contributed by atoms with E-state index in [0.717, 1.165) is 5.56 Å². The fraction of sp³-hybridized carbons (Fsp3) is 0.250. The molecule has 0 fully saturated rings. The van der Waals surface area contributed by atoms with Crippen LogP contribution in [0.3, 0.4) is 0 Å². The van der Waals surface area contributed by atoms with Gasteiger partial charge in [0.2, 0.25) is 11.1 Å². The number of carbonyl (C=O) groups excluding carboxylic acids is 1. The third kappa shape index (κ3) is 6.92. The molecule has 1 aromatic rings. The quantitative estimate of drug-likeness (QED) is 0.299. The third-order valence-electron chi connectivity index (χ3n) is 2.42. The summed E-state index contributed by atoms with van der Waals surface area (Å²) in [5, 5.41) is 3.55. The maximum atomic E-state index is 11.8. The van der Waals surface area contributed by atoms with Gasteiger partial charge in [-0.05, 0) is 25.1 Å². The minimum atomic E-state index is -1.63. The lowest BCUT2D eigenvalue weighted by molar-refractivity contribution is -0.135. The molecule has 0 aliphatic heterocycles. The minimum Gasteiger partial charge on any atom is -0.489 e. The van der Waals surface area contributed by atoms with Crippen LogP contribution in [0.5, 0.6) is 5.75 Å². The highest BCUT2D eigenvalue weighted by Crippen LogP contribution is 2.19. The van der Waals surface area contributed by atoms with Gasteiger partial charge < -0.3 is 9.47 Å². The summed E-state index contributed by atoms with van der Waals surface area (Å²) >= 11 is -1.63. The number of hydrogen-bond donors (Lipinski definition) is 0. The van der Waals surface area contributed by atoms with Gasteiger partial charge >= 0.3 is 5.97 Å². The smallest absolute Gasteiger partial charge is 0.360 e. The molecule has 1 unspecified atom stereocenters. The van der Waals surface area contributed by atoms with E-state index in [2.05, 4.69) is 16.0 Å². The number of ether oxygens (including phenoxy) is 2. The summed E-state index contributed by atoms with van der Waals surface area (Å²) in [5.41, 5.74) is 0.643. The largest absolute Gasteiger partial charge is 0.489 e. The molecule has 0 amide bonds. The number of nitrogens with zero attached hydrogens (tertiary/aromatic N) is 1. The molecule has 1 aromatic carbocycles. The van der Waals surface area contributed by atoms with Crippen LogP contribution in [-0.2, 0) is 24.9 Å². The summed E-state index contributed by atoms with van der Waals surface area (Å²) in [7, 11) is 0. The van der Waals surface area contributed by atoms with Crippen molar-refractivity contribution in [3.8, 4) is 5.75 Å². The predicted molar refractivity (Wildman–Crippen MR) is 90.4 cm³/mol. The van der Waals surface area contributed by atoms with Crippen molar-refractivity contribution in [2.45, 2.75) is 6.92 Å². The Hall–Kier alpha value is -2.41. The Bertz CT molecular complexity index is 625. The summed E-state index contributed by atoms with van der Waals surface area (Å²) in [6.45, 7) is 5.83. The number of hydrogen-bond acceptors (Lipinski definition) is 6. The van der Waals surface area contributed by atoms with E-state index in [1.807, 2.05) is 18.2 Å². The summed E-state index contributed by atoms with van der Waals surface area (Å²) in [4.78, 5) is 11.8. The zero-order valence-electron chi connectivity index (χ0n) is 13.1. The van der Waals surface area contributed by atoms with Crippen molar-refractivity contribution in [2.24, 2.45) is 5.16 Å². The van der Waals surface area contributed by atoms with Crippen LogP contribution >= 0.6 is 0 Å². The van der Waals surface area contributed by atoms with Crippen molar-refractivity contribution in [2.75, 3.05) is 19.5 Å². The van der Waals surface area contributed by atoms with Crippen molar-refractivity contribution in [1.29, 1.82) is 0 Å². The number of oxime groups is 1. The lowest BCUT2D eigenvalue weighted by atomic mass is 10.1. The van der Waals surface area contributed by atoms with Gasteiger partial charge in [-0.2, -0.15) is 0 Å². The zero-order chi connectivity index (χ0) is 17.1. The highest BCUT2D eigenvalue weighted by molar-refractivity contribution is 7.79. The number of rotatable bonds is 9. The number of carbonyl (C=O) groups is 1. The van der Waals surface area contributed by atoms with Gasteiger partial charge in [-0.3, -0.25) is 4.28 Å². The SMILES string of the molecule is C=CCOc1ccccc1/C=C/C(=N/OS(C)=O)C(=O)OCC. The topological polar surface area (TPSA) is 74.2 Å². The van der Waals surface area contributed by atoms with Crippen molar-refractivity contribution in [3.63, 3.8) is 0 Å². The van der Waals surface area contributed by atoms with Gasteiger partial charge in [0.25, 0.3) is 0 Å². The number of benzene rings is 1. The van der Waals surface area contributed by atoms with Crippen molar-refractivity contribution in [3.05, 3.63) is 48.6 Å². The molecule has 7 heteroatoms. The average molecular weight is 337 g/mol. The second-order valence-electron chi connectivity index (χ2n) is 4.14. The predicted octanol–water partition coefficient (Wildman–Crippen LogP) is 2.49. The molecule has 0 saturated heterocycles. The lowest BCUT2D eigenvalue weighted by Crippen LogP contribution is -2.16. The minimum absolute atomic E-state index is 0.0967. The molecule has 6 nitrogen and oxygen atoms in total. The second-order valence-corrected chi connectivity index (χ2v) is 5.10. The van der Waals surface area contributed by atoms with E-state index in [4.69, 9.17) is 9.47 Å². The summed E-state index contributed by atoms with van der Waals surface area (Å²) in [5.74, 6) is -0.0365. The summed E-state index contributed by atoms with van der Waals surface area (Å²) in [6, 6.07) is 7.27. The Balaban J connectivity index is 3.00. The van der Waals surface area contributed by atoms with Crippen LogP contribution in [0.4, 0.5) is 0 Å². The first-order valence-corrected chi connectivity index (χ1v) is 8.33. The zero-order valence-corrected chi connectivity index (χ0v) is 13.9. The monoisotopic (exact) mass is 337 g/mol. The number of para-hydroxylation sites is 1. The molecule has 0 bridgehead atoms. The molecule has 1 atom stereocenters. The maximum Gasteiger partial charge on any atom is 0.360 e. The first-order chi connectivity index (χ1) is 11.1. The molecule has 1 rings (SSSR count). The van der Waals surface area contributed by atoms with Crippen LogP contribution in [0.15, 0.2) is 48.2 Å². The Morgan fingerprint density at radius 3 is 2.78 bits per heavy atom. The van der Waals surface area contributed by atoms with Gasteiger partial charge in [0.1, 0.15) is 12.4 Å². The Labute approximate surface area is 138 Å². The Morgan fingerprint density at radius 1 is 1.39 bits per heavy atom. The van der Waals surface area contributed by atoms with Gasteiger partial charge in [-0.1, -0.05) is 36.0 Å². The molecule has 0 saturated carbocycles. The molecule has 0 aliphatic rings. The van der Waals surface area contributed by atoms with Gasteiger partial charge in [0, 0.05) is 5.56 Å². The van der Waals surface area contributed by atoms with Gasteiger partial charge in [0.15, 0.2) is 5.71 Å². The van der Waals surface area contributed by atoms with Gasteiger partial charge in [-0.15, -0.1) is 0 Å². The first kappa shape index (κ1) is 18.6. The number of esters is 1. The molecule has 0 spiro atoms. The lowest BCUT2D eigenvalue weighted by Gasteiger charge is -2.06. The van der Waals surface area contributed by atoms with E-state index < -0.39 is 17.0 Å². The third-order valence-corrected chi connectivity index (χ3v) is 2.71. The molecule has 0 aliphatic carbocycles.